The number of sulfonamides is 1. The Balaban J connectivity index is 0.00000242. The van der Waals surface area contributed by atoms with Crippen LogP contribution in [0, 0.1) is 13.8 Å². The highest BCUT2D eigenvalue weighted by Crippen LogP contribution is 2.30. The first kappa shape index (κ1) is 19.0. The van der Waals surface area contributed by atoms with Crippen molar-refractivity contribution in [2.24, 2.45) is 0 Å². The van der Waals surface area contributed by atoms with Crippen LogP contribution in [0.15, 0.2) is 9.31 Å². The molecule has 0 unspecified atom stereocenters. The highest BCUT2D eigenvalue weighted by atomic mass is 35.5. The maximum absolute atomic E-state index is 12.8. The number of carbonyl (C=O) groups is 1. The van der Waals surface area contributed by atoms with Crippen LogP contribution in [-0.2, 0) is 14.8 Å². The molecular formula is C13H21ClN2O5S. The van der Waals surface area contributed by atoms with Gasteiger partial charge >= 0.3 is 5.97 Å². The number of carbonyl (C=O) groups excluding carboxylic acids is 1. The van der Waals surface area contributed by atoms with Crippen molar-refractivity contribution in [2.45, 2.75) is 31.7 Å². The van der Waals surface area contributed by atoms with Crippen molar-refractivity contribution in [2.75, 3.05) is 26.7 Å². The SMILES string of the molecule is COC(=O)c1c(C)oc(C)c1S(=O)(=O)N1CCN[C@H](C)C1.Cl. The number of hydrogen-bond donors (Lipinski definition) is 1. The number of hydrogen-bond acceptors (Lipinski definition) is 6. The zero-order valence-electron chi connectivity index (χ0n) is 13.0. The molecule has 1 saturated heterocycles. The predicted molar refractivity (Wildman–Crippen MR) is 83.0 cm³/mol. The van der Waals surface area contributed by atoms with Gasteiger partial charge in [0.2, 0.25) is 10.0 Å². The van der Waals surface area contributed by atoms with Gasteiger partial charge in [-0.15, -0.1) is 12.4 Å². The molecule has 2 rings (SSSR count). The van der Waals surface area contributed by atoms with Gasteiger partial charge in [0.15, 0.2) is 0 Å². The largest absolute Gasteiger partial charge is 0.465 e. The fourth-order valence-corrected chi connectivity index (χ4v) is 4.46. The third-order valence-corrected chi connectivity index (χ3v) is 5.54. The van der Waals surface area contributed by atoms with Gasteiger partial charge in [0, 0.05) is 25.7 Å². The second-order valence-corrected chi connectivity index (χ2v) is 7.00. The van der Waals surface area contributed by atoms with Gasteiger partial charge in [-0.3, -0.25) is 0 Å². The van der Waals surface area contributed by atoms with Crippen molar-refractivity contribution < 1.29 is 22.4 Å². The molecule has 1 N–H and O–H groups in total. The van der Waals surface area contributed by atoms with Gasteiger partial charge in [0.05, 0.1) is 7.11 Å². The highest BCUT2D eigenvalue weighted by Gasteiger charge is 2.37. The molecule has 0 spiro atoms. The van der Waals surface area contributed by atoms with Crippen molar-refractivity contribution in [3.63, 3.8) is 0 Å². The van der Waals surface area contributed by atoms with Crippen molar-refractivity contribution >= 4 is 28.4 Å². The number of rotatable bonds is 3. The minimum Gasteiger partial charge on any atom is -0.465 e. The van der Waals surface area contributed by atoms with Crippen molar-refractivity contribution in [1.82, 2.24) is 9.62 Å². The number of halogens is 1. The van der Waals surface area contributed by atoms with Crippen LogP contribution in [0.2, 0.25) is 0 Å². The van der Waals surface area contributed by atoms with Gasteiger partial charge in [-0.1, -0.05) is 0 Å². The molecular weight excluding hydrogens is 332 g/mol. The lowest BCUT2D eigenvalue weighted by Crippen LogP contribution is -2.51. The molecule has 2 heterocycles. The molecule has 1 aliphatic rings. The Kier molecular flexibility index (Phi) is 6.03. The zero-order valence-corrected chi connectivity index (χ0v) is 14.6. The molecule has 1 atom stereocenters. The Morgan fingerprint density at radius 3 is 2.55 bits per heavy atom. The molecule has 1 fully saturated rings. The second kappa shape index (κ2) is 6.99. The van der Waals surface area contributed by atoms with Crippen LogP contribution in [0.1, 0.15) is 28.8 Å². The van der Waals surface area contributed by atoms with Crippen molar-refractivity contribution in [1.29, 1.82) is 0 Å². The molecule has 7 nitrogen and oxygen atoms in total. The van der Waals surface area contributed by atoms with Crippen LogP contribution in [0.5, 0.6) is 0 Å². The summed E-state index contributed by atoms with van der Waals surface area (Å²) >= 11 is 0. The molecule has 126 valence electrons. The molecule has 9 heteroatoms. The summed E-state index contributed by atoms with van der Waals surface area (Å²) in [6.45, 7) is 6.29. The smallest absolute Gasteiger partial charge is 0.342 e. The van der Waals surface area contributed by atoms with Crippen molar-refractivity contribution in [3.8, 4) is 0 Å². The number of ether oxygens (including phenoxy) is 1. The molecule has 0 radical (unpaired) electrons. The molecule has 1 aromatic rings. The summed E-state index contributed by atoms with van der Waals surface area (Å²) in [6.07, 6.45) is 0. The van der Waals surface area contributed by atoms with Gasteiger partial charge in [-0.05, 0) is 20.8 Å². The minimum absolute atomic E-state index is 0. The number of esters is 1. The Morgan fingerprint density at radius 2 is 2.00 bits per heavy atom. The lowest BCUT2D eigenvalue weighted by molar-refractivity contribution is 0.0594. The standard InChI is InChI=1S/C13H20N2O5S.ClH/c1-8-7-15(6-5-14-8)21(17,18)12-10(3)20-9(2)11(12)13(16)19-4;/h8,14H,5-7H2,1-4H3;1H/t8-;/m1./s1. The Hall–Kier alpha value is -1.09. The quantitative estimate of drug-likeness (QED) is 0.819. The van der Waals surface area contributed by atoms with E-state index in [2.05, 4.69) is 10.1 Å². The number of furan rings is 1. The molecule has 22 heavy (non-hydrogen) atoms. The Bertz CT molecular complexity index is 656. The first-order chi connectivity index (χ1) is 9.78. The van der Waals surface area contributed by atoms with Crippen LogP contribution >= 0.6 is 12.4 Å². The van der Waals surface area contributed by atoms with Crippen LogP contribution < -0.4 is 5.32 Å². The fraction of sp³-hybridized carbons (Fsp3) is 0.615. The predicted octanol–water partition coefficient (Wildman–Crippen LogP) is 1.09. The summed E-state index contributed by atoms with van der Waals surface area (Å²) in [5, 5.41) is 3.18. The van der Waals surface area contributed by atoms with Gasteiger partial charge in [-0.2, -0.15) is 4.31 Å². The third-order valence-electron chi connectivity index (χ3n) is 3.52. The zero-order chi connectivity index (χ0) is 15.8. The summed E-state index contributed by atoms with van der Waals surface area (Å²) in [5.74, 6) is -0.244. The van der Waals surface area contributed by atoms with E-state index in [9.17, 15) is 13.2 Å². The van der Waals surface area contributed by atoms with E-state index in [1.54, 1.807) is 6.92 Å². The molecule has 1 aliphatic heterocycles. The monoisotopic (exact) mass is 352 g/mol. The van der Waals surface area contributed by atoms with Crippen LogP contribution in [0.4, 0.5) is 0 Å². The molecule has 0 saturated carbocycles. The van der Waals surface area contributed by atoms with E-state index in [4.69, 9.17) is 4.42 Å². The number of nitrogens with one attached hydrogen (secondary N) is 1. The summed E-state index contributed by atoms with van der Waals surface area (Å²) in [6, 6.07) is 0.0587. The topological polar surface area (TPSA) is 88.8 Å². The van der Waals surface area contributed by atoms with Gasteiger partial charge in [0.1, 0.15) is 22.0 Å². The molecule has 1 aromatic heterocycles. The summed E-state index contributed by atoms with van der Waals surface area (Å²) in [4.78, 5) is 11.8. The molecule has 0 amide bonds. The van der Waals surface area contributed by atoms with Crippen LogP contribution in [0.3, 0.4) is 0 Å². The number of nitrogens with zero attached hydrogens (tertiary/aromatic N) is 1. The van der Waals surface area contributed by atoms with Crippen LogP contribution in [0.25, 0.3) is 0 Å². The van der Waals surface area contributed by atoms with Gasteiger partial charge in [0.25, 0.3) is 0 Å². The van der Waals surface area contributed by atoms with Crippen molar-refractivity contribution in [3.05, 3.63) is 17.1 Å². The number of piperazine rings is 1. The second-order valence-electron chi connectivity index (χ2n) is 5.13. The lowest BCUT2D eigenvalue weighted by Gasteiger charge is -2.31. The average molecular weight is 353 g/mol. The van der Waals surface area contributed by atoms with E-state index in [-0.39, 0.29) is 40.4 Å². The number of aryl methyl sites for hydroxylation is 2. The summed E-state index contributed by atoms with van der Waals surface area (Å²) in [7, 11) is -2.58. The Labute approximate surface area is 136 Å². The average Bonchev–Trinajstić information content (AvgIpc) is 2.73. The molecule has 0 aliphatic carbocycles. The number of methoxy groups -OCH3 is 1. The van der Waals surface area contributed by atoms with Crippen LogP contribution in [-0.4, -0.2) is 51.5 Å². The normalized spacial score (nSPS) is 19.5. The first-order valence-electron chi connectivity index (χ1n) is 6.71. The Morgan fingerprint density at radius 1 is 1.36 bits per heavy atom. The first-order valence-corrected chi connectivity index (χ1v) is 8.15. The maximum Gasteiger partial charge on any atom is 0.342 e. The molecule has 0 aromatic carbocycles. The van der Waals surface area contributed by atoms with E-state index >= 15 is 0 Å². The van der Waals surface area contributed by atoms with E-state index < -0.39 is 16.0 Å². The van der Waals surface area contributed by atoms with Gasteiger partial charge < -0.3 is 14.5 Å². The van der Waals surface area contributed by atoms with Gasteiger partial charge in [-0.25, -0.2) is 13.2 Å². The fourth-order valence-electron chi connectivity index (χ4n) is 2.56. The van der Waals surface area contributed by atoms with E-state index in [1.165, 1.54) is 18.3 Å². The lowest BCUT2D eigenvalue weighted by atomic mass is 10.2. The van der Waals surface area contributed by atoms with E-state index in [0.29, 0.717) is 19.6 Å². The van der Waals surface area contributed by atoms with E-state index in [1.807, 2.05) is 6.92 Å². The summed E-state index contributed by atoms with van der Waals surface area (Å²) < 4.78 is 37.1. The molecule has 0 bridgehead atoms. The van der Waals surface area contributed by atoms with E-state index in [0.717, 1.165) is 0 Å². The summed E-state index contributed by atoms with van der Waals surface area (Å²) in [5.41, 5.74) is -0.0128. The third kappa shape index (κ3) is 3.29. The minimum atomic E-state index is -3.79. The highest BCUT2D eigenvalue weighted by molar-refractivity contribution is 7.89. The maximum atomic E-state index is 12.8.